The van der Waals surface area contributed by atoms with Gasteiger partial charge in [0.25, 0.3) is 5.91 Å². The molecule has 0 spiro atoms. The minimum atomic E-state index is -4.51. The summed E-state index contributed by atoms with van der Waals surface area (Å²) >= 11 is 0. The molecular formula is C19H20F3N3O2. The third kappa shape index (κ3) is 5.42. The van der Waals surface area contributed by atoms with E-state index in [1.807, 2.05) is 6.07 Å². The minimum absolute atomic E-state index is 0.0849. The maximum atomic E-state index is 13.0. The number of aromatic nitrogens is 2. The van der Waals surface area contributed by atoms with Gasteiger partial charge < -0.3 is 10.1 Å². The van der Waals surface area contributed by atoms with E-state index in [-0.39, 0.29) is 30.6 Å². The number of hydrogen-bond donors (Lipinski definition) is 1. The molecule has 3 rings (SSSR count). The lowest BCUT2D eigenvalue weighted by atomic mass is 10.2. The number of rotatable bonds is 7. The van der Waals surface area contributed by atoms with Gasteiger partial charge in [-0.05, 0) is 38.0 Å². The Hall–Kier alpha value is -2.64. The van der Waals surface area contributed by atoms with Gasteiger partial charge in [0.05, 0.1) is 0 Å². The highest BCUT2D eigenvalue weighted by molar-refractivity contribution is 5.80. The summed E-state index contributed by atoms with van der Waals surface area (Å²) in [6.07, 6.45) is -3.43. The number of para-hydroxylation sites is 1. The van der Waals surface area contributed by atoms with Crippen LogP contribution >= 0.6 is 0 Å². The highest BCUT2D eigenvalue weighted by Gasteiger charge is 2.35. The van der Waals surface area contributed by atoms with Gasteiger partial charge in [-0.3, -0.25) is 4.79 Å². The number of nitrogens with one attached hydrogen (secondary N) is 1. The average Bonchev–Trinajstić information content (AvgIpc) is 3.46. The zero-order valence-electron chi connectivity index (χ0n) is 14.8. The number of carbonyl (C=O) groups is 1. The topological polar surface area (TPSA) is 64.1 Å². The van der Waals surface area contributed by atoms with Crippen molar-refractivity contribution in [2.45, 2.75) is 44.4 Å². The number of hydrogen-bond acceptors (Lipinski definition) is 4. The van der Waals surface area contributed by atoms with Crippen LogP contribution in [0.3, 0.4) is 0 Å². The molecule has 1 aromatic carbocycles. The lowest BCUT2D eigenvalue weighted by Crippen LogP contribution is -2.37. The molecule has 1 heterocycles. The highest BCUT2D eigenvalue weighted by atomic mass is 19.4. The lowest BCUT2D eigenvalue weighted by Gasteiger charge is -2.15. The van der Waals surface area contributed by atoms with Gasteiger partial charge in [0.1, 0.15) is 17.3 Å². The normalized spacial score (nSPS) is 15.3. The Morgan fingerprint density at radius 2 is 1.96 bits per heavy atom. The molecular weight excluding hydrogens is 359 g/mol. The van der Waals surface area contributed by atoms with E-state index in [9.17, 15) is 18.0 Å². The van der Waals surface area contributed by atoms with Crippen molar-refractivity contribution in [3.63, 3.8) is 0 Å². The summed E-state index contributed by atoms with van der Waals surface area (Å²) in [5.74, 6) is 0.383. The number of nitrogens with zero attached hydrogens (tertiary/aromatic N) is 2. The van der Waals surface area contributed by atoms with Gasteiger partial charge >= 0.3 is 6.18 Å². The fraction of sp³-hybridized carbons (Fsp3) is 0.421. The molecule has 1 N–H and O–H groups in total. The average molecular weight is 379 g/mol. The predicted octanol–water partition coefficient (Wildman–Crippen LogP) is 3.50. The molecule has 0 unspecified atom stereocenters. The van der Waals surface area contributed by atoms with Crippen LogP contribution in [-0.2, 0) is 17.4 Å². The Morgan fingerprint density at radius 3 is 2.59 bits per heavy atom. The van der Waals surface area contributed by atoms with Gasteiger partial charge in [-0.25, -0.2) is 9.97 Å². The standard InChI is InChI=1S/C19H20F3N3O2/c1-12(27-14-5-3-2-4-6-14)18(26)23-10-9-17-24-15(13-7-8-13)11-16(25-17)19(20,21)22/h2-6,11-13H,7-10H2,1H3,(H,23,26)/t12-/m0/s1. The Kier molecular flexibility index (Phi) is 5.62. The molecule has 1 aliphatic rings. The number of halogens is 3. The molecule has 2 aromatic rings. The van der Waals surface area contributed by atoms with Crippen LogP contribution in [0.5, 0.6) is 5.75 Å². The maximum absolute atomic E-state index is 13.0. The summed E-state index contributed by atoms with van der Waals surface area (Å²) in [5.41, 5.74) is -0.499. The molecule has 144 valence electrons. The second-order valence-electron chi connectivity index (χ2n) is 6.48. The summed E-state index contributed by atoms with van der Waals surface area (Å²) in [6, 6.07) is 9.92. The molecule has 1 saturated carbocycles. The van der Waals surface area contributed by atoms with Crippen LogP contribution in [0.1, 0.15) is 42.9 Å². The second kappa shape index (κ2) is 7.94. The van der Waals surface area contributed by atoms with Crippen LogP contribution in [0.15, 0.2) is 36.4 Å². The number of carbonyl (C=O) groups excluding carboxylic acids is 1. The zero-order valence-corrected chi connectivity index (χ0v) is 14.8. The van der Waals surface area contributed by atoms with E-state index in [4.69, 9.17) is 4.74 Å². The van der Waals surface area contributed by atoms with Gasteiger partial charge in [0.2, 0.25) is 0 Å². The third-order valence-corrected chi connectivity index (χ3v) is 4.15. The first kappa shape index (κ1) is 19.1. The van der Waals surface area contributed by atoms with Gasteiger partial charge in [0, 0.05) is 24.6 Å². The van der Waals surface area contributed by atoms with Crippen molar-refractivity contribution in [1.29, 1.82) is 0 Å². The summed E-state index contributed by atoms with van der Waals surface area (Å²) in [6.45, 7) is 1.74. The largest absolute Gasteiger partial charge is 0.481 e. The second-order valence-corrected chi connectivity index (χ2v) is 6.48. The Labute approximate surface area is 155 Å². The first-order valence-electron chi connectivity index (χ1n) is 8.77. The molecule has 5 nitrogen and oxygen atoms in total. The molecule has 0 aliphatic heterocycles. The molecule has 0 saturated heterocycles. The Morgan fingerprint density at radius 1 is 1.26 bits per heavy atom. The van der Waals surface area contributed by atoms with Crippen molar-refractivity contribution < 1.29 is 22.7 Å². The van der Waals surface area contributed by atoms with Crippen LogP contribution in [0.25, 0.3) is 0 Å². The van der Waals surface area contributed by atoms with E-state index in [1.54, 1.807) is 31.2 Å². The lowest BCUT2D eigenvalue weighted by molar-refractivity contribution is -0.141. The number of ether oxygens (including phenoxy) is 1. The van der Waals surface area contributed by atoms with Crippen molar-refractivity contribution in [2.75, 3.05) is 6.54 Å². The molecule has 1 fully saturated rings. The van der Waals surface area contributed by atoms with E-state index in [2.05, 4.69) is 15.3 Å². The van der Waals surface area contributed by atoms with E-state index < -0.39 is 18.0 Å². The molecule has 1 amide bonds. The van der Waals surface area contributed by atoms with Gasteiger partial charge in [0.15, 0.2) is 6.10 Å². The number of amides is 1. The number of alkyl halides is 3. The third-order valence-electron chi connectivity index (χ3n) is 4.15. The fourth-order valence-electron chi connectivity index (χ4n) is 2.56. The highest BCUT2D eigenvalue weighted by Crippen LogP contribution is 2.40. The maximum Gasteiger partial charge on any atom is 0.433 e. The molecule has 1 aromatic heterocycles. The van der Waals surface area contributed by atoms with Crippen LogP contribution < -0.4 is 10.1 Å². The smallest absolute Gasteiger partial charge is 0.433 e. The number of benzene rings is 1. The molecule has 1 aliphatic carbocycles. The van der Waals surface area contributed by atoms with Crippen LogP contribution in [0, 0.1) is 0 Å². The summed E-state index contributed by atoms with van der Waals surface area (Å²) in [5, 5.41) is 2.65. The van der Waals surface area contributed by atoms with Gasteiger partial charge in [-0.15, -0.1) is 0 Å². The molecule has 27 heavy (non-hydrogen) atoms. The summed E-state index contributed by atoms with van der Waals surface area (Å²) in [4.78, 5) is 19.9. The summed E-state index contributed by atoms with van der Waals surface area (Å²) < 4.78 is 44.6. The SMILES string of the molecule is C[C@H](Oc1ccccc1)C(=O)NCCc1nc(C2CC2)cc(C(F)(F)F)n1. The Bertz CT molecular complexity index is 793. The monoisotopic (exact) mass is 379 g/mol. The van der Waals surface area contributed by atoms with Crippen molar-refractivity contribution >= 4 is 5.91 Å². The van der Waals surface area contributed by atoms with Crippen molar-refractivity contribution in [2.24, 2.45) is 0 Å². The van der Waals surface area contributed by atoms with E-state index in [0.717, 1.165) is 18.9 Å². The molecule has 8 heteroatoms. The first-order valence-corrected chi connectivity index (χ1v) is 8.77. The van der Waals surface area contributed by atoms with Gasteiger partial charge in [-0.1, -0.05) is 18.2 Å². The van der Waals surface area contributed by atoms with Crippen molar-refractivity contribution in [1.82, 2.24) is 15.3 Å². The van der Waals surface area contributed by atoms with Crippen LogP contribution in [0.4, 0.5) is 13.2 Å². The van der Waals surface area contributed by atoms with E-state index >= 15 is 0 Å². The summed E-state index contributed by atoms with van der Waals surface area (Å²) in [7, 11) is 0. The van der Waals surface area contributed by atoms with Crippen LogP contribution in [0.2, 0.25) is 0 Å². The predicted molar refractivity (Wildman–Crippen MR) is 92.3 cm³/mol. The van der Waals surface area contributed by atoms with Crippen LogP contribution in [-0.4, -0.2) is 28.5 Å². The zero-order chi connectivity index (χ0) is 19.4. The van der Waals surface area contributed by atoms with Gasteiger partial charge in [-0.2, -0.15) is 13.2 Å². The Balaban J connectivity index is 1.56. The first-order chi connectivity index (χ1) is 12.8. The molecule has 0 bridgehead atoms. The molecule has 1 atom stereocenters. The molecule has 0 radical (unpaired) electrons. The quantitative estimate of drug-likeness (QED) is 0.800. The fourth-order valence-corrected chi connectivity index (χ4v) is 2.56. The van der Waals surface area contributed by atoms with E-state index in [1.165, 1.54) is 0 Å². The minimum Gasteiger partial charge on any atom is -0.481 e. The van der Waals surface area contributed by atoms with E-state index in [0.29, 0.717) is 11.4 Å². The van der Waals surface area contributed by atoms with Crippen molar-refractivity contribution in [3.8, 4) is 5.75 Å². The van der Waals surface area contributed by atoms with Crippen molar-refractivity contribution in [3.05, 3.63) is 53.6 Å².